The second kappa shape index (κ2) is 8.10. The molecule has 3 heterocycles. The minimum absolute atomic E-state index is 0.151. The Morgan fingerprint density at radius 1 is 1.03 bits per heavy atom. The van der Waals surface area contributed by atoms with Gasteiger partial charge in [-0.05, 0) is 55.3 Å². The molecule has 1 aromatic carbocycles. The van der Waals surface area contributed by atoms with Crippen molar-refractivity contribution in [3.05, 3.63) is 62.2 Å². The third kappa shape index (κ3) is 3.75. The molecule has 2 fully saturated rings. The average molecular weight is 413 g/mol. The maximum Gasteiger partial charge on any atom is 0.332 e. The minimum atomic E-state index is -0.473. The van der Waals surface area contributed by atoms with E-state index in [-0.39, 0.29) is 11.7 Å². The summed E-state index contributed by atoms with van der Waals surface area (Å²) in [6.45, 7) is 3.54. The quantitative estimate of drug-likeness (QED) is 0.725. The topological polar surface area (TPSA) is 60.1 Å². The number of hydrogen-bond acceptors (Lipinski definition) is 4. The molecule has 2 atom stereocenters. The molecule has 3 aliphatic rings. The standard InChI is InChI=1S/C23H29FN4O2/c24-19-8-4-7-17(11-19)12-26-10-9-18-14-27-21(20(18)15-26)25-28(23(30)22(27)29)13-16-5-2-1-3-6-16/h4,7-8,11,16,18,20H,1-3,5-6,9-10,12-15H2/t18-,20-/m0/s1. The summed E-state index contributed by atoms with van der Waals surface area (Å²) in [5.41, 5.74) is 0.0699. The molecule has 1 aliphatic carbocycles. The van der Waals surface area contributed by atoms with Crippen molar-refractivity contribution >= 4 is 0 Å². The fourth-order valence-corrected chi connectivity index (χ4v) is 5.59. The van der Waals surface area contributed by atoms with Crippen LogP contribution in [0.25, 0.3) is 0 Å². The van der Waals surface area contributed by atoms with Crippen LogP contribution < -0.4 is 11.1 Å². The van der Waals surface area contributed by atoms with Gasteiger partial charge in [0.2, 0.25) is 0 Å². The van der Waals surface area contributed by atoms with Gasteiger partial charge in [0.1, 0.15) is 11.6 Å². The van der Waals surface area contributed by atoms with Crippen LogP contribution in [0.3, 0.4) is 0 Å². The molecule has 1 saturated carbocycles. The molecular weight excluding hydrogens is 383 g/mol. The fraction of sp³-hybridized carbons (Fsp3) is 0.609. The van der Waals surface area contributed by atoms with Gasteiger partial charge in [0, 0.05) is 32.1 Å². The Kier molecular flexibility index (Phi) is 5.31. The Morgan fingerprint density at radius 2 is 1.87 bits per heavy atom. The largest absolute Gasteiger partial charge is 0.332 e. The smallest absolute Gasteiger partial charge is 0.298 e. The van der Waals surface area contributed by atoms with Crippen LogP contribution >= 0.6 is 0 Å². The van der Waals surface area contributed by atoms with Gasteiger partial charge in [-0.25, -0.2) is 9.07 Å². The van der Waals surface area contributed by atoms with Crippen LogP contribution in [0, 0.1) is 17.7 Å². The number of hydrogen-bond donors (Lipinski definition) is 0. The number of piperidine rings is 1. The molecule has 1 saturated heterocycles. The van der Waals surface area contributed by atoms with Gasteiger partial charge in [0.25, 0.3) is 0 Å². The van der Waals surface area contributed by atoms with Gasteiger partial charge in [-0.15, -0.1) is 0 Å². The maximum absolute atomic E-state index is 13.6. The first-order valence-electron chi connectivity index (χ1n) is 11.3. The summed E-state index contributed by atoms with van der Waals surface area (Å²) in [5, 5.41) is 4.73. The minimum Gasteiger partial charge on any atom is -0.298 e. The molecule has 0 spiro atoms. The molecule has 0 N–H and O–H groups in total. The summed E-state index contributed by atoms with van der Waals surface area (Å²) in [6.07, 6.45) is 6.84. The molecule has 5 rings (SSSR count). The molecule has 0 radical (unpaired) electrons. The van der Waals surface area contributed by atoms with Gasteiger partial charge in [0.15, 0.2) is 0 Å². The van der Waals surface area contributed by atoms with E-state index in [0.717, 1.165) is 43.7 Å². The van der Waals surface area contributed by atoms with Crippen molar-refractivity contribution in [3.8, 4) is 0 Å². The predicted octanol–water partition coefficient (Wildman–Crippen LogP) is 2.74. The van der Waals surface area contributed by atoms with Crippen molar-refractivity contribution < 1.29 is 4.39 Å². The van der Waals surface area contributed by atoms with Crippen LogP contribution in [-0.4, -0.2) is 32.3 Å². The zero-order chi connectivity index (χ0) is 20.7. The normalized spacial score (nSPS) is 24.6. The number of halogens is 1. The Balaban J connectivity index is 1.38. The van der Waals surface area contributed by atoms with Gasteiger partial charge in [-0.1, -0.05) is 31.4 Å². The Bertz CT molecular complexity index is 1040. The van der Waals surface area contributed by atoms with Gasteiger partial charge in [0.05, 0.1) is 0 Å². The number of likely N-dealkylation sites (tertiary alicyclic amines) is 1. The van der Waals surface area contributed by atoms with Crippen molar-refractivity contribution in [2.24, 2.45) is 11.8 Å². The van der Waals surface area contributed by atoms with E-state index in [1.54, 1.807) is 16.7 Å². The molecule has 0 bridgehead atoms. The van der Waals surface area contributed by atoms with Crippen LogP contribution in [0.15, 0.2) is 33.9 Å². The summed E-state index contributed by atoms with van der Waals surface area (Å²) < 4.78 is 16.6. The van der Waals surface area contributed by atoms with E-state index in [1.807, 2.05) is 6.07 Å². The first-order valence-corrected chi connectivity index (χ1v) is 11.3. The predicted molar refractivity (Wildman–Crippen MR) is 112 cm³/mol. The lowest BCUT2D eigenvalue weighted by Gasteiger charge is -2.34. The highest BCUT2D eigenvalue weighted by Crippen LogP contribution is 2.37. The maximum atomic E-state index is 13.6. The first-order chi connectivity index (χ1) is 14.6. The Morgan fingerprint density at radius 3 is 2.67 bits per heavy atom. The summed E-state index contributed by atoms with van der Waals surface area (Å²) in [6, 6.07) is 6.74. The Hall–Kier alpha value is -2.28. The summed E-state index contributed by atoms with van der Waals surface area (Å²) in [5.74, 6) is 1.49. The molecule has 2 aliphatic heterocycles. The summed E-state index contributed by atoms with van der Waals surface area (Å²) in [7, 11) is 0. The van der Waals surface area contributed by atoms with E-state index in [9.17, 15) is 14.0 Å². The monoisotopic (exact) mass is 412 g/mol. The van der Waals surface area contributed by atoms with Crippen LogP contribution in [-0.2, 0) is 19.6 Å². The zero-order valence-corrected chi connectivity index (χ0v) is 17.3. The van der Waals surface area contributed by atoms with Crippen molar-refractivity contribution in [2.75, 3.05) is 13.1 Å². The van der Waals surface area contributed by atoms with Crippen molar-refractivity contribution in [2.45, 2.75) is 64.1 Å². The number of benzene rings is 1. The second-order valence-electron chi connectivity index (χ2n) is 9.29. The van der Waals surface area contributed by atoms with Gasteiger partial charge < -0.3 is 0 Å². The van der Waals surface area contributed by atoms with Crippen molar-refractivity contribution in [3.63, 3.8) is 0 Å². The SMILES string of the molecule is O=c1c(=O)n2c(nn1CC1CCCCC1)[C@H]1CN(Cc3cccc(F)c3)CC[C@H]1C2. The van der Waals surface area contributed by atoms with Gasteiger partial charge in [-0.3, -0.25) is 19.1 Å². The zero-order valence-electron chi connectivity index (χ0n) is 17.3. The van der Waals surface area contributed by atoms with Gasteiger partial charge in [-0.2, -0.15) is 5.10 Å². The van der Waals surface area contributed by atoms with Crippen LogP contribution in [0.1, 0.15) is 55.8 Å². The first kappa shape index (κ1) is 19.7. The highest BCUT2D eigenvalue weighted by atomic mass is 19.1. The van der Waals surface area contributed by atoms with E-state index in [2.05, 4.69) is 4.90 Å². The number of rotatable bonds is 4. The summed E-state index contributed by atoms with van der Waals surface area (Å²) >= 11 is 0. The van der Waals surface area contributed by atoms with E-state index in [4.69, 9.17) is 5.10 Å². The molecule has 30 heavy (non-hydrogen) atoms. The third-order valence-electron chi connectivity index (χ3n) is 7.20. The van der Waals surface area contributed by atoms with E-state index in [1.165, 1.54) is 30.0 Å². The molecule has 1 aromatic heterocycles. The molecular formula is C23H29FN4O2. The van der Waals surface area contributed by atoms with Crippen molar-refractivity contribution in [1.29, 1.82) is 0 Å². The van der Waals surface area contributed by atoms with E-state index >= 15 is 0 Å². The van der Waals surface area contributed by atoms with Crippen molar-refractivity contribution in [1.82, 2.24) is 19.2 Å². The van der Waals surface area contributed by atoms with Gasteiger partial charge >= 0.3 is 11.1 Å². The number of nitrogens with zero attached hydrogens (tertiary/aromatic N) is 4. The lowest BCUT2D eigenvalue weighted by Crippen LogP contribution is -2.44. The highest BCUT2D eigenvalue weighted by molar-refractivity contribution is 5.17. The molecule has 7 heteroatoms. The second-order valence-corrected chi connectivity index (χ2v) is 9.29. The van der Waals surface area contributed by atoms with Crippen LogP contribution in [0.5, 0.6) is 0 Å². The van der Waals surface area contributed by atoms with Crippen LogP contribution in [0.2, 0.25) is 0 Å². The third-order valence-corrected chi connectivity index (χ3v) is 7.20. The average Bonchev–Trinajstić information content (AvgIpc) is 3.11. The molecule has 160 valence electrons. The lowest BCUT2D eigenvalue weighted by atomic mass is 9.87. The molecule has 6 nitrogen and oxygen atoms in total. The summed E-state index contributed by atoms with van der Waals surface area (Å²) in [4.78, 5) is 27.8. The van der Waals surface area contributed by atoms with E-state index < -0.39 is 11.1 Å². The number of aromatic nitrogens is 3. The lowest BCUT2D eigenvalue weighted by molar-refractivity contribution is 0.157. The number of fused-ring (bicyclic) bond motifs is 3. The van der Waals surface area contributed by atoms with E-state index in [0.29, 0.717) is 31.5 Å². The molecule has 0 unspecified atom stereocenters. The molecule has 2 aromatic rings. The molecule has 0 amide bonds. The fourth-order valence-electron chi connectivity index (χ4n) is 5.59. The van der Waals surface area contributed by atoms with Crippen LogP contribution in [0.4, 0.5) is 4.39 Å². The Labute approximate surface area is 175 Å². The highest BCUT2D eigenvalue weighted by Gasteiger charge is 2.40.